The minimum Gasteiger partial charge on any atom is -0.462 e. The first-order chi connectivity index (χ1) is 15.1. The fraction of sp³-hybridized carbons (Fsp3) is 0.304. The van der Waals surface area contributed by atoms with Crippen molar-refractivity contribution in [2.24, 2.45) is 0 Å². The molecular weight excluding hydrogens is 396 g/mol. The van der Waals surface area contributed by atoms with E-state index in [2.05, 4.69) is 15.3 Å². The van der Waals surface area contributed by atoms with Crippen molar-refractivity contribution in [2.45, 2.75) is 26.3 Å². The van der Waals surface area contributed by atoms with Crippen molar-refractivity contribution < 1.29 is 14.3 Å². The molecule has 1 aliphatic heterocycles. The van der Waals surface area contributed by atoms with Crippen LogP contribution in [0, 0.1) is 0 Å². The molecular formula is C23H24N4O4. The molecule has 2 heterocycles. The van der Waals surface area contributed by atoms with Crippen LogP contribution in [0.5, 0.6) is 0 Å². The van der Waals surface area contributed by atoms with Gasteiger partial charge in [0.25, 0.3) is 5.56 Å². The highest BCUT2D eigenvalue weighted by atomic mass is 16.5. The van der Waals surface area contributed by atoms with E-state index in [9.17, 15) is 14.4 Å². The van der Waals surface area contributed by atoms with E-state index in [1.807, 2.05) is 18.2 Å². The quantitative estimate of drug-likeness (QED) is 0.617. The van der Waals surface area contributed by atoms with Crippen molar-refractivity contribution in [2.75, 3.05) is 29.9 Å². The van der Waals surface area contributed by atoms with E-state index in [1.54, 1.807) is 37.3 Å². The fourth-order valence-corrected chi connectivity index (χ4v) is 3.73. The fourth-order valence-electron chi connectivity index (χ4n) is 3.73. The predicted octanol–water partition coefficient (Wildman–Crippen LogP) is 2.81. The first-order valence-electron chi connectivity index (χ1n) is 10.4. The molecule has 8 nitrogen and oxygen atoms in total. The van der Waals surface area contributed by atoms with Gasteiger partial charge in [0.15, 0.2) is 5.82 Å². The summed E-state index contributed by atoms with van der Waals surface area (Å²) in [5.74, 6) is -0.0536. The van der Waals surface area contributed by atoms with Crippen LogP contribution < -0.4 is 15.8 Å². The Kier molecular flexibility index (Phi) is 5.97. The predicted molar refractivity (Wildman–Crippen MR) is 118 cm³/mol. The lowest BCUT2D eigenvalue weighted by Crippen LogP contribution is -2.32. The van der Waals surface area contributed by atoms with Gasteiger partial charge in [0.1, 0.15) is 6.54 Å². The number of benzene rings is 2. The number of nitrogens with one attached hydrogen (secondary N) is 1. The second kappa shape index (κ2) is 8.99. The van der Waals surface area contributed by atoms with Gasteiger partial charge in [-0.05, 0) is 50.1 Å². The zero-order valence-corrected chi connectivity index (χ0v) is 17.3. The van der Waals surface area contributed by atoms with Gasteiger partial charge in [0.2, 0.25) is 5.91 Å². The molecule has 1 N–H and O–H groups in total. The number of hydrogen-bond acceptors (Lipinski definition) is 6. The van der Waals surface area contributed by atoms with Gasteiger partial charge in [0.05, 0.1) is 17.6 Å². The Hall–Kier alpha value is -3.68. The average molecular weight is 420 g/mol. The molecule has 0 unspecified atom stereocenters. The highest BCUT2D eigenvalue weighted by molar-refractivity contribution is 5.94. The molecule has 160 valence electrons. The van der Waals surface area contributed by atoms with Crippen molar-refractivity contribution in [3.8, 4) is 0 Å². The molecule has 2 aromatic carbocycles. The number of fused-ring (bicyclic) bond motifs is 1. The SMILES string of the molecule is CCOC(=O)c1ccc(NC(=O)Cn2nc(N3CCCC3)c3ccccc3c2=O)cc1. The Labute approximate surface area is 179 Å². The molecule has 1 aromatic heterocycles. The maximum atomic E-state index is 12.9. The summed E-state index contributed by atoms with van der Waals surface area (Å²) in [6, 6.07) is 13.8. The zero-order chi connectivity index (χ0) is 21.8. The summed E-state index contributed by atoms with van der Waals surface area (Å²) in [7, 11) is 0. The summed E-state index contributed by atoms with van der Waals surface area (Å²) in [5, 5.41) is 8.63. The van der Waals surface area contributed by atoms with Crippen molar-refractivity contribution >= 4 is 34.2 Å². The highest BCUT2D eigenvalue weighted by Crippen LogP contribution is 2.25. The molecule has 0 radical (unpaired) electrons. The molecule has 0 spiro atoms. The van der Waals surface area contributed by atoms with Crippen LogP contribution in [0.2, 0.25) is 0 Å². The molecule has 1 fully saturated rings. The van der Waals surface area contributed by atoms with E-state index in [-0.39, 0.29) is 18.0 Å². The average Bonchev–Trinajstić information content (AvgIpc) is 3.31. The molecule has 1 aliphatic rings. The molecule has 1 saturated heterocycles. The Morgan fingerprint density at radius 1 is 1.03 bits per heavy atom. The van der Waals surface area contributed by atoms with E-state index in [0.29, 0.717) is 23.2 Å². The van der Waals surface area contributed by atoms with Gasteiger partial charge in [0, 0.05) is 24.2 Å². The minimum atomic E-state index is -0.415. The monoisotopic (exact) mass is 420 g/mol. The van der Waals surface area contributed by atoms with Crippen molar-refractivity contribution in [1.29, 1.82) is 0 Å². The maximum absolute atomic E-state index is 12.9. The second-order valence-corrected chi connectivity index (χ2v) is 7.37. The first kappa shape index (κ1) is 20.6. The van der Waals surface area contributed by atoms with Crippen LogP contribution >= 0.6 is 0 Å². The molecule has 31 heavy (non-hydrogen) atoms. The van der Waals surface area contributed by atoms with E-state index >= 15 is 0 Å². The maximum Gasteiger partial charge on any atom is 0.338 e. The molecule has 0 saturated carbocycles. The number of aromatic nitrogens is 2. The number of ether oxygens (including phenoxy) is 1. The van der Waals surface area contributed by atoms with E-state index in [1.165, 1.54) is 4.68 Å². The summed E-state index contributed by atoms with van der Waals surface area (Å²) in [5.41, 5.74) is 0.625. The van der Waals surface area contributed by atoms with Crippen LogP contribution in [0.1, 0.15) is 30.1 Å². The van der Waals surface area contributed by atoms with Crippen molar-refractivity contribution in [3.63, 3.8) is 0 Å². The molecule has 8 heteroatoms. The van der Waals surface area contributed by atoms with Crippen LogP contribution in [0.3, 0.4) is 0 Å². The van der Waals surface area contributed by atoms with Gasteiger partial charge >= 0.3 is 5.97 Å². The number of anilines is 2. The van der Waals surface area contributed by atoms with Gasteiger partial charge in [-0.3, -0.25) is 9.59 Å². The van der Waals surface area contributed by atoms with Crippen LogP contribution in [-0.4, -0.2) is 41.4 Å². The minimum absolute atomic E-state index is 0.204. The number of esters is 1. The Bertz CT molecular complexity index is 1160. The molecule has 0 bridgehead atoms. The molecule has 3 aromatic rings. The summed E-state index contributed by atoms with van der Waals surface area (Å²) >= 11 is 0. The van der Waals surface area contributed by atoms with E-state index < -0.39 is 5.97 Å². The van der Waals surface area contributed by atoms with Gasteiger partial charge in [-0.15, -0.1) is 0 Å². The molecule has 1 amide bonds. The van der Waals surface area contributed by atoms with Gasteiger partial charge in [-0.1, -0.05) is 18.2 Å². The number of hydrogen-bond donors (Lipinski definition) is 1. The summed E-state index contributed by atoms with van der Waals surface area (Å²) in [4.78, 5) is 39.4. The van der Waals surface area contributed by atoms with E-state index in [4.69, 9.17) is 4.74 Å². The number of amides is 1. The second-order valence-electron chi connectivity index (χ2n) is 7.37. The zero-order valence-electron chi connectivity index (χ0n) is 17.3. The number of carbonyl (C=O) groups is 2. The smallest absolute Gasteiger partial charge is 0.338 e. The summed E-state index contributed by atoms with van der Waals surface area (Å²) in [6.07, 6.45) is 2.16. The lowest BCUT2D eigenvalue weighted by Gasteiger charge is -2.19. The van der Waals surface area contributed by atoms with Crippen molar-refractivity contribution in [3.05, 3.63) is 64.4 Å². The van der Waals surface area contributed by atoms with Crippen LogP contribution in [0.4, 0.5) is 11.5 Å². The third-order valence-corrected chi connectivity index (χ3v) is 5.23. The summed E-state index contributed by atoms with van der Waals surface area (Å²) in [6.45, 7) is 3.60. The van der Waals surface area contributed by atoms with Crippen LogP contribution in [0.15, 0.2) is 53.3 Å². The Balaban J connectivity index is 1.55. The number of nitrogens with zero attached hydrogens (tertiary/aromatic N) is 3. The molecule has 0 atom stereocenters. The third kappa shape index (κ3) is 4.42. The molecule has 0 aliphatic carbocycles. The first-order valence-corrected chi connectivity index (χ1v) is 10.4. The van der Waals surface area contributed by atoms with Crippen LogP contribution in [0.25, 0.3) is 10.8 Å². The van der Waals surface area contributed by atoms with Crippen LogP contribution in [-0.2, 0) is 16.1 Å². The standard InChI is InChI=1S/C23H24N4O4/c1-2-31-23(30)16-9-11-17(12-10-16)24-20(28)15-27-22(29)19-8-4-3-7-18(19)21(25-27)26-13-5-6-14-26/h3-4,7-12H,2,5-6,13-15H2,1H3,(H,24,28). The normalized spacial score (nSPS) is 13.4. The number of rotatable bonds is 6. The number of carbonyl (C=O) groups excluding carboxylic acids is 2. The lowest BCUT2D eigenvalue weighted by atomic mass is 10.2. The Morgan fingerprint density at radius 3 is 2.39 bits per heavy atom. The van der Waals surface area contributed by atoms with Gasteiger partial charge in [-0.25, -0.2) is 9.48 Å². The van der Waals surface area contributed by atoms with Crippen molar-refractivity contribution in [1.82, 2.24) is 9.78 Å². The lowest BCUT2D eigenvalue weighted by molar-refractivity contribution is -0.117. The van der Waals surface area contributed by atoms with Gasteiger partial charge in [-0.2, -0.15) is 5.10 Å². The largest absolute Gasteiger partial charge is 0.462 e. The third-order valence-electron chi connectivity index (χ3n) is 5.23. The summed E-state index contributed by atoms with van der Waals surface area (Å²) < 4.78 is 6.17. The van der Waals surface area contributed by atoms with Gasteiger partial charge < -0.3 is 15.0 Å². The molecule has 4 rings (SSSR count). The topological polar surface area (TPSA) is 93.5 Å². The van der Waals surface area contributed by atoms with E-state index in [0.717, 1.165) is 37.1 Å². The Morgan fingerprint density at radius 2 is 1.71 bits per heavy atom. The highest BCUT2D eigenvalue weighted by Gasteiger charge is 2.20.